The first kappa shape index (κ1) is 17.6. The molecule has 3 aromatic carbocycles. The Hall–Kier alpha value is -3.24. The molecule has 26 heavy (non-hydrogen) atoms. The zero-order valence-corrected chi connectivity index (χ0v) is 14.0. The maximum Gasteiger partial charge on any atom is 0.200 e. The van der Waals surface area contributed by atoms with Gasteiger partial charge in [-0.25, -0.2) is 0 Å². The van der Waals surface area contributed by atoms with Gasteiger partial charge in [0.15, 0.2) is 18.2 Å². The Labute approximate surface area is 151 Å². The molecule has 0 spiro atoms. The minimum absolute atomic E-state index is 0.184. The first-order valence-corrected chi connectivity index (χ1v) is 8.24. The maximum atomic E-state index is 12.7. The van der Waals surface area contributed by atoms with Crippen molar-refractivity contribution in [1.82, 2.24) is 0 Å². The summed E-state index contributed by atoms with van der Waals surface area (Å²) < 4.78 is 5.58. The van der Waals surface area contributed by atoms with Crippen molar-refractivity contribution in [2.45, 2.75) is 6.10 Å². The van der Waals surface area contributed by atoms with Crippen molar-refractivity contribution in [3.63, 3.8) is 0 Å². The van der Waals surface area contributed by atoms with Crippen LogP contribution in [0, 0.1) is 0 Å². The minimum Gasteiger partial charge on any atom is -0.485 e. The van der Waals surface area contributed by atoms with Gasteiger partial charge < -0.3 is 9.84 Å². The largest absolute Gasteiger partial charge is 0.485 e. The highest BCUT2D eigenvalue weighted by molar-refractivity contribution is 6.02. The van der Waals surface area contributed by atoms with E-state index in [1.165, 1.54) is 0 Å². The van der Waals surface area contributed by atoms with Gasteiger partial charge in [-0.2, -0.15) is 0 Å². The van der Waals surface area contributed by atoms with Crippen LogP contribution in [0.1, 0.15) is 32.4 Å². The van der Waals surface area contributed by atoms with E-state index in [4.69, 9.17) is 4.74 Å². The van der Waals surface area contributed by atoms with E-state index in [0.29, 0.717) is 11.1 Å². The number of hydrogen-bond acceptors (Lipinski definition) is 4. The average Bonchev–Trinajstić information content (AvgIpc) is 2.72. The van der Waals surface area contributed by atoms with Gasteiger partial charge in [-0.05, 0) is 17.7 Å². The van der Waals surface area contributed by atoms with Crippen LogP contribution in [-0.2, 0) is 0 Å². The van der Waals surface area contributed by atoms with Gasteiger partial charge in [0.2, 0.25) is 0 Å². The van der Waals surface area contributed by atoms with Crippen LogP contribution in [0.5, 0.6) is 5.75 Å². The van der Waals surface area contributed by atoms with Gasteiger partial charge in [0.05, 0.1) is 5.56 Å². The van der Waals surface area contributed by atoms with Gasteiger partial charge in [-0.3, -0.25) is 9.59 Å². The molecule has 0 aliphatic carbocycles. The lowest BCUT2D eigenvalue weighted by molar-refractivity contribution is 0.0740. The Morgan fingerprint density at radius 2 is 1.38 bits per heavy atom. The lowest BCUT2D eigenvalue weighted by Gasteiger charge is -2.14. The predicted octanol–water partition coefficient (Wildman–Crippen LogP) is 3.86. The SMILES string of the molecule is O=C(COc1ccccc1C(=O)C(O)c1ccccc1)c1ccccc1. The second-order valence-electron chi connectivity index (χ2n) is 5.75. The number of para-hydroxylation sites is 1. The molecule has 1 unspecified atom stereocenters. The molecule has 3 rings (SSSR count). The number of aliphatic hydroxyl groups is 1. The van der Waals surface area contributed by atoms with Gasteiger partial charge in [0.25, 0.3) is 0 Å². The van der Waals surface area contributed by atoms with Crippen LogP contribution in [0.25, 0.3) is 0 Å². The molecular formula is C22H18O4. The minimum atomic E-state index is -1.29. The van der Waals surface area contributed by atoms with E-state index in [0.717, 1.165) is 0 Å². The molecule has 1 N–H and O–H groups in total. The van der Waals surface area contributed by atoms with Crippen LogP contribution in [0.15, 0.2) is 84.9 Å². The van der Waals surface area contributed by atoms with Crippen molar-refractivity contribution in [3.8, 4) is 5.75 Å². The molecule has 0 radical (unpaired) electrons. The Balaban J connectivity index is 1.76. The van der Waals surface area contributed by atoms with Crippen molar-refractivity contribution in [3.05, 3.63) is 102 Å². The fourth-order valence-electron chi connectivity index (χ4n) is 2.58. The Morgan fingerprint density at radius 1 is 0.808 bits per heavy atom. The van der Waals surface area contributed by atoms with Gasteiger partial charge >= 0.3 is 0 Å². The molecule has 0 aliphatic heterocycles. The molecule has 0 amide bonds. The van der Waals surface area contributed by atoms with Crippen LogP contribution in [0.2, 0.25) is 0 Å². The van der Waals surface area contributed by atoms with E-state index in [2.05, 4.69) is 0 Å². The standard InChI is InChI=1S/C22H18O4/c23-19(16-9-3-1-4-10-16)15-26-20-14-8-7-13-18(20)22(25)21(24)17-11-5-2-6-12-17/h1-14,21,24H,15H2. The quantitative estimate of drug-likeness (QED) is 0.660. The topological polar surface area (TPSA) is 63.6 Å². The van der Waals surface area contributed by atoms with E-state index in [-0.39, 0.29) is 23.7 Å². The average molecular weight is 346 g/mol. The number of benzene rings is 3. The first-order chi connectivity index (χ1) is 12.7. The summed E-state index contributed by atoms with van der Waals surface area (Å²) in [6.07, 6.45) is -1.29. The van der Waals surface area contributed by atoms with Crippen LogP contribution in [0.4, 0.5) is 0 Å². The molecule has 4 heteroatoms. The van der Waals surface area contributed by atoms with Gasteiger partial charge in [0, 0.05) is 5.56 Å². The number of carbonyl (C=O) groups excluding carboxylic acids is 2. The normalized spacial score (nSPS) is 11.6. The Bertz CT molecular complexity index is 888. The maximum absolute atomic E-state index is 12.7. The van der Waals surface area contributed by atoms with E-state index < -0.39 is 11.9 Å². The second-order valence-corrected chi connectivity index (χ2v) is 5.75. The molecule has 130 valence electrons. The van der Waals surface area contributed by atoms with Gasteiger partial charge in [-0.1, -0.05) is 72.8 Å². The number of Topliss-reactive ketones (excluding diaryl/α,β-unsaturated/α-hetero) is 2. The number of aliphatic hydroxyl groups excluding tert-OH is 1. The Kier molecular flexibility index (Phi) is 5.56. The summed E-state index contributed by atoms with van der Waals surface area (Å²) in [6.45, 7) is -0.185. The molecule has 0 saturated carbocycles. The van der Waals surface area contributed by atoms with Gasteiger partial charge in [-0.15, -0.1) is 0 Å². The van der Waals surface area contributed by atoms with Crippen LogP contribution >= 0.6 is 0 Å². The summed E-state index contributed by atoms with van der Waals surface area (Å²) >= 11 is 0. The third kappa shape index (κ3) is 4.05. The van der Waals surface area contributed by atoms with Crippen molar-refractivity contribution >= 4 is 11.6 Å². The second kappa shape index (κ2) is 8.23. The number of ketones is 2. The fraction of sp³-hybridized carbons (Fsp3) is 0.0909. The molecule has 0 fully saturated rings. The number of carbonyl (C=O) groups is 2. The Morgan fingerprint density at radius 3 is 2.08 bits per heavy atom. The summed E-state index contributed by atoms with van der Waals surface area (Å²) in [4.78, 5) is 24.9. The molecule has 3 aromatic rings. The molecule has 0 aromatic heterocycles. The van der Waals surface area contributed by atoms with E-state index in [9.17, 15) is 14.7 Å². The smallest absolute Gasteiger partial charge is 0.200 e. The molecule has 1 atom stereocenters. The molecule has 0 saturated heterocycles. The van der Waals surface area contributed by atoms with Crippen LogP contribution in [-0.4, -0.2) is 23.3 Å². The zero-order valence-electron chi connectivity index (χ0n) is 14.0. The third-order valence-electron chi connectivity index (χ3n) is 3.97. The summed E-state index contributed by atoms with van der Waals surface area (Å²) in [5.41, 5.74) is 1.29. The highest BCUT2D eigenvalue weighted by Crippen LogP contribution is 2.25. The van der Waals surface area contributed by atoms with Crippen LogP contribution < -0.4 is 4.74 Å². The van der Waals surface area contributed by atoms with Crippen molar-refractivity contribution in [2.24, 2.45) is 0 Å². The highest BCUT2D eigenvalue weighted by Gasteiger charge is 2.22. The summed E-state index contributed by atoms with van der Waals surface area (Å²) in [5.74, 6) is -0.382. The summed E-state index contributed by atoms with van der Waals surface area (Å²) in [7, 11) is 0. The fourth-order valence-corrected chi connectivity index (χ4v) is 2.58. The number of rotatable bonds is 7. The number of hydrogen-bond donors (Lipinski definition) is 1. The lowest BCUT2D eigenvalue weighted by Crippen LogP contribution is -2.16. The lowest BCUT2D eigenvalue weighted by atomic mass is 9.99. The molecular weight excluding hydrogens is 328 g/mol. The molecule has 0 aliphatic rings. The van der Waals surface area contributed by atoms with Crippen molar-refractivity contribution in [1.29, 1.82) is 0 Å². The molecule has 0 heterocycles. The van der Waals surface area contributed by atoms with Crippen LogP contribution in [0.3, 0.4) is 0 Å². The van der Waals surface area contributed by atoms with Crippen molar-refractivity contribution in [2.75, 3.05) is 6.61 Å². The van der Waals surface area contributed by atoms with E-state index in [1.54, 1.807) is 72.8 Å². The summed E-state index contributed by atoms with van der Waals surface area (Å²) in [6, 6.07) is 24.1. The summed E-state index contributed by atoms with van der Waals surface area (Å²) in [5, 5.41) is 10.4. The highest BCUT2D eigenvalue weighted by atomic mass is 16.5. The van der Waals surface area contributed by atoms with E-state index >= 15 is 0 Å². The predicted molar refractivity (Wildman–Crippen MR) is 98.4 cm³/mol. The number of ether oxygens (including phenoxy) is 1. The monoisotopic (exact) mass is 346 g/mol. The molecule has 4 nitrogen and oxygen atoms in total. The first-order valence-electron chi connectivity index (χ1n) is 8.24. The molecule has 0 bridgehead atoms. The third-order valence-corrected chi connectivity index (χ3v) is 3.97. The van der Waals surface area contributed by atoms with E-state index in [1.807, 2.05) is 12.1 Å². The van der Waals surface area contributed by atoms with Gasteiger partial charge in [0.1, 0.15) is 11.9 Å². The van der Waals surface area contributed by atoms with Crippen molar-refractivity contribution < 1.29 is 19.4 Å². The zero-order chi connectivity index (χ0) is 18.4.